The fraction of sp³-hybridized carbons (Fsp3) is 0.421. The summed E-state index contributed by atoms with van der Waals surface area (Å²) in [6.07, 6.45) is 3.05. The van der Waals surface area contributed by atoms with Crippen molar-refractivity contribution in [3.8, 4) is 0 Å². The number of rotatable bonds is 5. The second-order valence-electron chi connectivity index (χ2n) is 7.48. The number of aliphatic hydroxyl groups excluding tert-OH is 2. The van der Waals surface area contributed by atoms with E-state index in [0.717, 1.165) is 17.6 Å². The van der Waals surface area contributed by atoms with Gasteiger partial charge in [0.05, 0.1) is 18.5 Å². The highest BCUT2D eigenvalue weighted by Gasteiger charge is 2.58. The number of aliphatic hydroxyl groups is 2. The Balaban J connectivity index is 1.37. The molecule has 3 N–H and O–H groups in total. The van der Waals surface area contributed by atoms with E-state index in [2.05, 4.69) is 61.1 Å². The van der Waals surface area contributed by atoms with Gasteiger partial charge in [-0.2, -0.15) is 0 Å². The van der Waals surface area contributed by atoms with Crippen molar-refractivity contribution in [3.05, 3.63) is 46.1 Å². The lowest BCUT2D eigenvalue weighted by Crippen LogP contribution is -2.31. The fourth-order valence-electron chi connectivity index (χ4n) is 4.33. The van der Waals surface area contributed by atoms with Crippen LogP contribution in [0, 0.1) is 21.3 Å². The van der Waals surface area contributed by atoms with Crippen molar-refractivity contribution in [1.82, 2.24) is 19.5 Å². The first kappa shape index (κ1) is 17.3. The molecule has 1 aromatic carbocycles. The van der Waals surface area contributed by atoms with Gasteiger partial charge in [-0.15, -0.1) is 0 Å². The highest BCUT2D eigenvalue weighted by atomic mass is 127. The van der Waals surface area contributed by atoms with Gasteiger partial charge >= 0.3 is 0 Å². The minimum absolute atomic E-state index is 0.0557. The van der Waals surface area contributed by atoms with Gasteiger partial charge in [0.1, 0.15) is 11.8 Å². The Morgan fingerprint density at radius 3 is 2.81 bits per heavy atom. The van der Waals surface area contributed by atoms with Gasteiger partial charge < -0.3 is 20.1 Å². The maximum Gasteiger partial charge on any atom is 0.165 e. The van der Waals surface area contributed by atoms with Crippen LogP contribution in [0.15, 0.2) is 36.9 Å². The van der Waals surface area contributed by atoms with Crippen LogP contribution in [0.2, 0.25) is 0 Å². The zero-order valence-electron chi connectivity index (χ0n) is 14.5. The lowest BCUT2D eigenvalue weighted by Gasteiger charge is -2.20. The summed E-state index contributed by atoms with van der Waals surface area (Å²) in [6.45, 7) is 1.27. The van der Waals surface area contributed by atoms with Crippen molar-refractivity contribution < 1.29 is 10.2 Å². The van der Waals surface area contributed by atoms with Gasteiger partial charge in [-0.25, -0.2) is 15.0 Å². The molecule has 5 rings (SSSR count). The lowest BCUT2D eigenvalue weighted by atomic mass is 9.99. The van der Waals surface area contributed by atoms with Crippen molar-refractivity contribution in [3.63, 3.8) is 0 Å². The number of fused-ring (bicyclic) bond motifs is 2. The van der Waals surface area contributed by atoms with Crippen LogP contribution in [-0.2, 0) is 13.1 Å². The van der Waals surface area contributed by atoms with Gasteiger partial charge in [0.15, 0.2) is 11.5 Å². The largest absolute Gasteiger partial charge is 0.390 e. The molecule has 2 saturated carbocycles. The summed E-state index contributed by atoms with van der Waals surface area (Å²) in [5, 5.41) is 23.7. The molecule has 2 heterocycles. The Labute approximate surface area is 170 Å². The van der Waals surface area contributed by atoms with Crippen molar-refractivity contribution in [1.29, 1.82) is 0 Å². The molecule has 2 aliphatic rings. The molecule has 0 unspecified atom stereocenters. The maximum absolute atomic E-state index is 10.3. The van der Waals surface area contributed by atoms with E-state index < -0.39 is 12.2 Å². The van der Waals surface area contributed by atoms with Crippen LogP contribution in [-0.4, -0.2) is 41.9 Å². The first-order valence-electron chi connectivity index (χ1n) is 9.12. The molecule has 2 fully saturated rings. The molecule has 0 spiro atoms. The second-order valence-corrected chi connectivity index (χ2v) is 8.73. The predicted octanol–water partition coefficient (Wildman–Crippen LogP) is 2.03. The molecule has 0 bridgehead atoms. The smallest absolute Gasteiger partial charge is 0.165 e. The van der Waals surface area contributed by atoms with Gasteiger partial charge in [0, 0.05) is 22.6 Å². The Morgan fingerprint density at radius 1 is 1.15 bits per heavy atom. The molecule has 3 aromatic rings. The van der Waals surface area contributed by atoms with Crippen LogP contribution in [0.1, 0.15) is 12.0 Å². The third-order valence-electron chi connectivity index (χ3n) is 5.83. The quantitative estimate of drug-likeness (QED) is 0.487. The van der Waals surface area contributed by atoms with E-state index in [1.807, 2.05) is 10.6 Å². The van der Waals surface area contributed by atoms with Crippen LogP contribution in [0.5, 0.6) is 0 Å². The third-order valence-corrected chi connectivity index (χ3v) is 6.50. The summed E-state index contributed by atoms with van der Waals surface area (Å²) < 4.78 is 3.16. The van der Waals surface area contributed by atoms with Crippen molar-refractivity contribution >= 4 is 39.6 Å². The Bertz CT molecular complexity index is 993. The first-order valence-corrected chi connectivity index (χ1v) is 10.2. The van der Waals surface area contributed by atoms with Crippen LogP contribution in [0.3, 0.4) is 0 Å². The second kappa shape index (κ2) is 6.68. The van der Waals surface area contributed by atoms with E-state index in [9.17, 15) is 10.2 Å². The summed E-state index contributed by atoms with van der Waals surface area (Å²) in [6, 6.07) is 8.30. The SMILES string of the molecule is O[C@@H]1[C@H](O)[C@@H]2C[C@@H]2[C@H]1Cn1cnc2c(NCc3cccc(I)c3)ncnc21. The molecule has 7 nitrogen and oxygen atoms in total. The summed E-state index contributed by atoms with van der Waals surface area (Å²) in [5.41, 5.74) is 2.65. The Kier molecular flexibility index (Phi) is 4.29. The zero-order valence-corrected chi connectivity index (χ0v) is 16.7. The molecular weight excluding hydrogens is 457 g/mol. The number of aromatic nitrogens is 4. The predicted molar refractivity (Wildman–Crippen MR) is 109 cm³/mol. The van der Waals surface area contributed by atoms with E-state index in [0.29, 0.717) is 24.8 Å². The summed E-state index contributed by atoms with van der Waals surface area (Å²) in [4.78, 5) is 13.3. The lowest BCUT2D eigenvalue weighted by molar-refractivity contribution is -0.00373. The molecular formula is C19H20IN5O2. The van der Waals surface area contributed by atoms with E-state index in [1.165, 1.54) is 15.5 Å². The fourth-order valence-corrected chi connectivity index (χ4v) is 4.93. The topological polar surface area (TPSA) is 96.1 Å². The monoisotopic (exact) mass is 477 g/mol. The van der Waals surface area contributed by atoms with Gasteiger partial charge in [-0.1, -0.05) is 12.1 Å². The normalized spacial score (nSPS) is 29.1. The number of hydrogen-bond acceptors (Lipinski definition) is 6. The van der Waals surface area contributed by atoms with Crippen LogP contribution in [0.25, 0.3) is 11.2 Å². The average Bonchev–Trinajstić information content (AvgIpc) is 3.30. The summed E-state index contributed by atoms with van der Waals surface area (Å²) >= 11 is 2.30. The molecule has 0 saturated heterocycles. The van der Waals surface area contributed by atoms with Gasteiger partial charge in [0.25, 0.3) is 0 Å². The molecule has 0 aliphatic heterocycles. The van der Waals surface area contributed by atoms with Gasteiger partial charge in [-0.3, -0.25) is 0 Å². The average molecular weight is 477 g/mol. The van der Waals surface area contributed by atoms with E-state index >= 15 is 0 Å². The molecule has 2 aliphatic carbocycles. The van der Waals surface area contributed by atoms with E-state index in [1.54, 1.807) is 6.33 Å². The molecule has 5 atom stereocenters. The van der Waals surface area contributed by atoms with Crippen molar-refractivity contribution in [2.45, 2.75) is 31.7 Å². The highest BCUT2D eigenvalue weighted by Crippen LogP contribution is 2.55. The molecule has 2 aromatic heterocycles. The number of benzene rings is 1. The zero-order chi connectivity index (χ0) is 18.5. The molecule has 27 heavy (non-hydrogen) atoms. The summed E-state index contributed by atoms with van der Waals surface area (Å²) in [5.74, 6) is 1.43. The Hall–Kier alpha value is -1.78. The summed E-state index contributed by atoms with van der Waals surface area (Å²) in [7, 11) is 0. The van der Waals surface area contributed by atoms with Crippen molar-refractivity contribution in [2.24, 2.45) is 17.8 Å². The maximum atomic E-state index is 10.3. The number of halogens is 1. The van der Waals surface area contributed by atoms with Crippen molar-refractivity contribution in [2.75, 3.05) is 5.32 Å². The first-order chi connectivity index (χ1) is 13.1. The number of nitrogens with one attached hydrogen (secondary N) is 1. The molecule has 140 valence electrons. The van der Waals surface area contributed by atoms with E-state index in [4.69, 9.17) is 0 Å². The number of hydrogen-bond donors (Lipinski definition) is 3. The van der Waals surface area contributed by atoms with Crippen LogP contribution < -0.4 is 5.32 Å². The third kappa shape index (κ3) is 3.09. The standard InChI is InChI=1S/C19H20IN5O2/c20-11-3-1-2-10(4-11)6-21-18-15-19(23-8-22-18)25(9-24-15)7-14-12-5-13(12)16(26)17(14)27/h1-4,8-9,12-14,16-17,26-27H,5-7H2,(H,21,22,23)/t12-,13+,14+,16+,17-/m0/s1. The van der Waals surface area contributed by atoms with Gasteiger partial charge in [-0.05, 0) is 58.5 Å². The number of imidazole rings is 1. The van der Waals surface area contributed by atoms with Crippen LogP contribution in [0.4, 0.5) is 5.82 Å². The molecule has 0 radical (unpaired) electrons. The van der Waals surface area contributed by atoms with Gasteiger partial charge in [0.2, 0.25) is 0 Å². The Morgan fingerprint density at radius 2 is 2.04 bits per heavy atom. The number of nitrogens with zero attached hydrogens (tertiary/aromatic N) is 4. The van der Waals surface area contributed by atoms with E-state index in [-0.39, 0.29) is 11.8 Å². The minimum Gasteiger partial charge on any atom is -0.390 e. The van der Waals surface area contributed by atoms with Crippen LogP contribution >= 0.6 is 22.6 Å². The molecule has 0 amide bonds. The molecule has 8 heteroatoms. The number of anilines is 1. The minimum atomic E-state index is -0.661. The highest BCUT2D eigenvalue weighted by molar-refractivity contribution is 14.1.